The molecule has 0 aromatic carbocycles. The van der Waals surface area contributed by atoms with Crippen molar-refractivity contribution in [3.8, 4) is 0 Å². The molecule has 0 saturated carbocycles. The Labute approximate surface area is 65.8 Å². The SMILES string of the molecule is CO[NH+]([O-])C1=CC=CCC=C1. The number of quaternary nitrogens is 1. The summed E-state index contributed by atoms with van der Waals surface area (Å²) in [5.41, 5.74) is 0.598. The topological polar surface area (TPSA) is 36.7 Å². The molecule has 1 atom stereocenters. The molecule has 0 amide bonds. The molecule has 1 rings (SSSR count). The van der Waals surface area contributed by atoms with Gasteiger partial charge in [-0.15, -0.1) is 0 Å². The summed E-state index contributed by atoms with van der Waals surface area (Å²) in [6.07, 6.45) is 10.1. The van der Waals surface area contributed by atoms with Gasteiger partial charge in [0, 0.05) is 6.08 Å². The van der Waals surface area contributed by atoms with Crippen molar-refractivity contribution < 1.29 is 10.1 Å². The standard InChI is InChI=1S/C8H11NO2/c1-11-9(10)8-6-4-2-3-5-7-8/h2,4-7,9H,3H2,1H3. The summed E-state index contributed by atoms with van der Waals surface area (Å²) in [6.45, 7) is 0. The van der Waals surface area contributed by atoms with Crippen LogP contribution in [0.3, 0.4) is 0 Å². The van der Waals surface area contributed by atoms with E-state index >= 15 is 0 Å². The Morgan fingerprint density at radius 3 is 3.09 bits per heavy atom. The lowest BCUT2D eigenvalue weighted by atomic mass is 10.4. The van der Waals surface area contributed by atoms with Gasteiger partial charge in [-0.05, 0) is 12.5 Å². The van der Waals surface area contributed by atoms with Crippen LogP contribution in [-0.4, -0.2) is 7.11 Å². The van der Waals surface area contributed by atoms with Crippen molar-refractivity contribution in [2.45, 2.75) is 6.42 Å². The molecule has 0 aliphatic heterocycles. The fourth-order valence-corrected chi connectivity index (χ4v) is 0.833. The van der Waals surface area contributed by atoms with E-state index in [1.165, 1.54) is 7.11 Å². The zero-order chi connectivity index (χ0) is 8.10. The maximum absolute atomic E-state index is 10.9. The summed E-state index contributed by atoms with van der Waals surface area (Å²) < 4.78 is 0. The first-order valence-electron chi connectivity index (χ1n) is 3.46. The number of hydrogen-bond acceptors (Lipinski definition) is 2. The van der Waals surface area contributed by atoms with Gasteiger partial charge in [0.15, 0.2) is 5.70 Å². The first-order valence-corrected chi connectivity index (χ1v) is 3.46. The lowest BCUT2D eigenvalue weighted by Gasteiger charge is -2.16. The Morgan fingerprint density at radius 2 is 2.36 bits per heavy atom. The largest absolute Gasteiger partial charge is 0.595 e. The van der Waals surface area contributed by atoms with Crippen molar-refractivity contribution in [2.75, 3.05) is 7.11 Å². The van der Waals surface area contributed by atoms with Crippen LogP contribution in [0.25, 0.3) is 0 Å². The van der Waals surface area contributed by atoms with Gasteiger partial charge >= 0.3 is 0 Å². The van der Waals surface area contributed by atoms with Crippen LogP contribution in [0.4, 0.5) is 0 Å². The van der Waals surface area contributed by atoms with Crippen LogP contribution in [0.2, 0.25) is 0 Å². The van der Waals surface area contributed by atoms with Crippen LogP contribution in [0, 0.1) is 5.21 Å². The quantitative estimate of drug-likeness (QED) is 0.580. The summed E-state index contributed by atoms with van der Waals surface area (Å²) in [4.78, 5) is 4.55. The predicted octanol–water partition coefficient (Wildman–Crippen LogP) is 0.331. The van der Waals surface area contributed by atoms with E-state index in [0.717, 1.165) is 6.42 Å². The van der Waals surface area contributed by atoms with Crippen LogP contribution < -0.4 is 5.23 Å². The van der Waals surface area contributed by atoms with E-state index in [0.29, 0.717) is 5.70 Å². The van der Waals surface area contributed by atoms with Crippen molar-refractivity contribution in [1.29, 1.82) is 0 Å². The molecular formula is C8H11NO2. The van der Waals surface area contributed by atoms with Gasteiger partial charge in [-0.2, -0.15) is 5.23 Å². The molecule has 0 radical (unpaired) electrons. The van der Waals surface area contributed by atoms with Crippen LogP contribution in [-0.2, 0) is 4.84 Å². The van der Waals surface area contributed by atoms with E-state index in [1.54, 1.807) is 12.2 Å². The normalized spacial score (nSPS) is 19.3. The molecule has 0 saturated heterocycles. The van der Waals surface area contributed by atoms with Gasteiger partial charge in [0.05, 0.1) is 7.11 Å². The molecule has 11 heavy (non-hydrogen) atoms. The predicted molar refractivity (Wildman–Crippen MR) is 42.3 cm³/mol. The van der Waals surface area contributed by atoms with Gasteiger partial charge in [0.25, 0.3) is 0 Å². The highest BCUT2D eigenvalue weighted by atomic mass is 16.9. The number of allylic oxidation sites excluding steroid dienone is 5. The van der Waals surface area contributed by atoms with Gasteiger partial charge < -0.3 is 5.21 Å². The van der Waals surface area contributed by atoms with E-state index < -0.39 is 0 Å². The maximum Gasteiger partial charge on any atom is 0.163 e. The van der Waals surface area contributed by atoms with E-state index in [1.807, 2.05) is 18.2 Å². The summed E-state index contributed by atoms with van der Waals surface area (Å²) in [5.74, 6) is 0. The van der Waals surface area contributed by atoms with Gasteiger partial charge in [-0.25, -0.2) is 4.84 Å². The minimum atomic E-state index is -0.284. The molecule has 0 heterocycles. The van der Waals surface area contributed by atoms with Crippen LogP contribution in [0.5, 0.6) is 0 Å². The number of rotatable bonds is 2. The lowest BCUT2D eigenvalue weighted by molar-refractivity contribution is -1.01. The third-order valence-electron chi connectivity index (χ3n) is 1.40. The Morgan fingerprint density at radius 1 is 1.55 bits per heavy atom. The first kappa shape index (κ1) is 8.20. The summed E-state index contributed by atoms with van der Waals surface area (Å²) in [6, 6.07) is 0. The molecule has 0 bridgehead atoms. The molecule has 3 nitrogen and oxygen atoms in total. The van der Waals surface area contributed by atoms with Gasteiger partial charge in [0.2, 0.25) is 0 Å². The van der Waals surface area contributed by atoms with Crippen molar-refractivity contribution >= 4 is 0 Å². The molecule has 1 unspecified atom stereocenters. The fraction of sp³-hybridized carbons (Fsp3) is 0.250. The highest BCUT2D eigenvalue weighted by Crippen LogP contribution is 1.97. The molecule has 3 heteroatoms. The second-order valence-corrected chi connectivity index (χ2v) is 2.18. The Bertz CT molecular complexity index is 206. The molecule has 1 aliphatic carbocycles. The third-order valence-corrected chi connectivity index (χ3v) is 1.40. The highest BCUT2D eigenvalue weighted by Gasteiger charge is 2.00. The van der Waals surface area contributed by atoms with Crippen LogP contribution in [0.15, 0.2) is 36.1 Å². The Kier molecular flexibility index (Phi) is 3.04. The van der Waals surface area contributed by atoms with Gasteiger partial charge in [-0.3, -0.25) is 0 Å². The van der Waals surface area contributed by atoms with Gasteiger partial charge in [0.1, 0.15) is 0 Å². The molecule has 1 aliphatic rings. The van der Waals surface area contributed by atoms with Crippen LogP contribution >= 0.6 is 0 Å². The van der Waals surface area contributed by atoms with Crippen LogP contribution in [0.1, 0.15) is 6.42 Å². The smallest absolute Gasteiger partial charge is 0.163 e. The molecule has 0 spiro atoms. The highest BCUT2D eigenvalue weighted by molar-refractivity contribution is 5.21. The monoisotopic (exact) mass is 153 g/mol. The van der Waals surface area contributed by atoms with Gasteiger partial charge in [-0.1, -0.05) is 18.2 Å². The first-order chi connectivity index (χ1) is 5.34. The maximum atomic E-state index is 10.9. The fourth-order valence-electron chi connectivity index (χ4n) is 0.833. The average Bonchev–Trinajstić information content (AvgIpc) is 2.30. The van der Waals surface area contributed by atoms with E-state index in [2.05, 4.69) is 4.84 Å². The van der Waals surface area contributed by atoms with Crippen molar-refractivity contribution in [3.05, 3.63) is 41.3 Å². The Balaban J connectivity index is 2.68. The number of nitrogens with one attached hydrogen (secondary N) is 1. The summed E-state index contributed by atoms with van der Waals surface area (Å²) in [5, 5.41) is 10.7. The molecule has 1 N–H and O–H groups in total. The van der Waals surface area contributed by atoms with E-state index in [-0.39, 0.29) is 5.23 Å². The van der Waals surface area contributed by atoms with E-state index in [4.69, 9.17) is 0 Å². The zero-order valence-corrected chi connectivity index (χ0v) is 6.41. The molecule has 0 aromatic heterocycles. The zero-order valence-electron chi connectivity index (χ0n) is 6.41. The average molecular weight is 153 g/mol. The molecule has 0 fully saturated rings. The molecule has 60 valence electrons. The van der Waals surface area contributed by atoms with Crippen molar-refractivity contribution in [1.82, 2.24) is 0 Å². The Hall–Kier alpha value is -0.900. The second-order valence-electron chi connectivity index (χ2n) is 2.18. The summed E-state index contributed by atoms with van der Waals surface area (Å²) >= 11 is 0. The minimum Gasteiger partial charge on any atom is -0.595 e. The number of hydrogen-bond donors (Lipinski definition) is 1. The summed E-state index contributed by atoms with van der Waals surface area (Å²) in [7, 11) is 1.38. The minimum absolute atomic E-state index is 0.284. The lowest BCUT2D eigenvalue weighted by Crippen LogP contribution is -3.03. The second kappa shape index (κ2) is 4.08. The number of hydroxylamine groups is 2. The van der Waals surface area contributed by atoms with Crippen molar-refractivity contribution in [2.24, 2.45) is 0 Å². The van der Waals surface area contributed by atoms with E-state index in [9.17, 15) is 5.21 Å². The van der Waals surface area contributed by atoms with Crippen molar-refractivity contribution in [3.63, 3.8) is 0 Å². The molecular weight excluding hydrogens is 142 g/mol. The molecule has 0 aromatic rings. The third kappa shape index (κ3) is 2.31.